The van der Waals surface area contributed by atoms with Gasteiger partial charge in [-0.05, 0) is 23.8 Å². The largest absolute Gasteiger partial charge is 0.496 e. The molecule has 0 bridgehead atoms. The van der Waals surface area contributed by atoms with Gasteiger partial charge in [0.25, 0.3) is 5.91 Å². The zero-order valence-electron chi connectivity index (χ0n) is 16.1. The molecule has 0 radical (unpaired) electrons. The molecule has 1 heterocycles. The summed E-state index contributed by atoms with van der Waals surface area (Å²) in [6.07, 6.45) is 0. The minimum absolute atomic E-state index is 0.0596. The van der Waals surface area contributed by atoms with Gasteiger partial charge in [-0.15, -0.1) is 0 Å². The van der Waals surface area contributed by atoms with Crippen LogP contribution in [0.4, 0.5) is 0 Å². The van der Waals surface area contributed by atoms with E-state index in [9.17, 15) is 4.79 Å². The van der Waals surface area contributed by atoms with Gasteiger partial charge in [-0.2, -0.15) is 0 Å². The Morgan fingerprint density at radius 2 is 1.85 bits per heavy atom. The molecule has 0 unspecified atom stereocenters. The number of amides is 1. The van der Waals surface area contributed by atoms with Crippen molar-refractivity contribution in [1.82, 2.24) is 10.1 Å². The fraction of sp³-hybridized carbons (Fsp3) is 0.273. The minimum Gasteiger partial charge on any atom is -0.496 e. The van der Waals surface area contributed by atoms with Crippen LogP contribution in [-0.4, -0.2) is 30.1 Å². The average Bonchev–Trinajstić information content (AvgIpc) is 3.16. The summed E-state index contributed by atoms with van der Waals surface area (Å²) in [5.74, 6) is 1.85. The zero-order valence-corrected chi connectivity index (χ0v) is 16.1. The molecule has 27 heavy (non-hydrogen) atoms. The molecule has 0 aliphatic rings. The number of hydrogen-bond donors (Lipinski definition) is 0. The number of aromatic nitrogens is 1. The summed E-state index contributed by atoms with van der Waals surface area (Å²) in [4.78, 5) is 14.3. The summed E-state index contributed by atoms with van der Waals surface area (Å²) in [7, 11) is 3.42. The van der Waals surface area contributed by atoms with Crippen LogP contribution in [0.3, 0.4) is 0 Å². The van der Waals surface area contributed by atoms with Crippen molar-refractivity contribution >= 4 is 5.91 Å². The van der Waals surface area contributed by atoms with Gasteiger partial charge in [-0.25, -0.2) is 0 Å². The average molecular weight is 364 g/mol. The maximum Gasteiger partial charge on any atom is 0.253 e. The molecule has 0 saturated heterocycles. The fourth-order valence-corrected chi connectivity index (χ4v) is 2.89. The highest BCUT2D eigenvalue weighted by Crippen LogP contribution is 2.29. The molecule has 0 spiro atoms. The number of ether oxygens (including phenoxy) is 1. The molecule has 0 atom stereocenters. The van der Waals surface area contributed by atoms with Gasteiger partial charge in [0.2, 0.25) is 0 Å². The van der Waals surface area contributed by atoms with Crippen LogP contribution in [0.25, 0.3) is 11.1 Å². The zero-order chi connectivity index (χ0) is 19.4. The van der Waals surface area contributed by atoms with Gasteiger partial charge in [0.1, 0.15) is 17.2 Å². The topological polar surface area (TPSA) is 55.6 Å². The third-order valence-corrected chi connectivity index (χ3v) is 4.44. The lowest BCUT2D eigenvalue weighted by Crippen LogP contribution is -2.26. The first kappa shape index (κ1) is 18.7. The Balaban J connectivity index is 1.73. The van der Waals surface area contributed by atoms with Crippen LogP contribution in [0, 0.1) is 0 Å². The number of benzene rings is 2. The molecular weight excluding hydrogens is 340 g/mol. The van der Waals surface area contributed by atoms with Gasteiger partial charge >= 0.3 is 0 Å². The van der Waals surface area contributed by atoms with Crippen molar-refractivity contribution in [2.75, 3.05) is 14.2 Å². The van der Waals surface area contributed by atoms with E-state index in [1.165, 1.54) is 0 Å². The van der Waals surface area contributed by atoms with Gasteiger partial charge in [-0.1, -0.05) is 49.3 Å². The molecule has 140 valence electrons. The summed E-state index contributed by atoms with van der Waals surface area (Å²) in [5, 5.41) is 4.04. The highest BCUT2D eigenvalue weighted by Gasteiger charge is 2.16. The van der Waals surface area contributed by atoms with E-state index in [4.69, 9.17) is 9.26 Å². The molecule has 3 rings (SSSR count). The smallest absolute Gasteiger partial charge is 0.253 e. The predicted octanol–water partition coefficient (Wildman–Crippen LogP) is 4.75. The number of nitrogens with zero attached hydrogens (tertiary/aromatic N) is 2. The predicted molar refractivity (Wildman–Crippen MR) is 105 cm³/mol. The maximum atomic E-state index is 12.7. The van der Waals surface area contributed by atoms with Crippen LogP contribution in [0.5, 0.6) is 5.75 Å². The fourth-order valence-electron chi connectivity index (χ4n) is 2.89. The number of para-hydroxylation sites is 1. The second-order valence-corrected chi connectivity index (χ2v) is 6.81. The molecule has 0 saturated carbocycles. The Hall–Kier alpha value is -3.08. The van der Waals surface area contributed by atoms with E-state index >= 15 is 0 Å². The quantitative estimate of drug-likeness (QED) is 0.634. The molecule has 0 fully saturated rings. The van der Waals surface area contributed by atoms with E-state index in [0.29, 0.717) is 12.1 Å². The summed E-state index contributed by atoms with van der Waals surface area (Å²) < 4.78 is 10.7. The van der Waals surface area contributed by atoms with Crippen LogP contribution in [-0.2, 0) is 6.54 Å². The molecule has 3 aromatic rings. The lowest BCUT2D eigenvalue weighted by Gasteiger charge is -2.16. The van der Waals surface area contributed by atoms with Gasteiger partial charge in [0.05, 0.1) is 13.7 Å². The number of carbonyl (C=O) groups is 1. The molecule has 1 amide bonds. The van der Waals surface area contributed by atoms with Crippen LogP contribution in [0.1, 0.15) is 41.6 Å². The highest BCUT2D eigenvalue weighted by atomic mass is 16.5. The molecule has 2 aromatic carbocycles. The van der Waals surface area contributed by atoms with Gasteiger partial charge < -0.3 is 14.2 Å². The highest BCUT2D eigenvalue weighted by molar-refractivity contribution is 5.94. The molecule has 0 N–H and O–H groups in total. The standard InChI is InChI=1S/C22H24N2O3/c1-15(2)21-13-18(23-27-21)14-24(3)22(25)17-11-9-16(10-12-17)19-7-5-6-8-20(19)26-4/h5-13,15H,14H2,1-4H3. The van der Waals surface area contributed by atoms with E-state index < -0.39 is 0 Å². The normalized spacial score (nSPS) is 10.9. The van der Waals surface area contributed by atoms with Crippen LogP contribution < -0.4 is 4.74 Å². The summed E-state index contributed by atoms with van der Waals surface area (Å²) in [6.45, 7) is 4.49. The molecule has 5 heteroatoms. The summed E-state index contributed by atoms with van der Waals surface area (Å²) >= 11 is 0. The van der Waals surface area contributed by atoms with Crippen molar-refractivity contribution < 1.29 is 14.1 Å². The van der Waals surface area contributed by atoms with E-state index in [-0.39, 0.29) is 11.8 Å². The Morgan fingerprint density at radius 3 is 2.48 bits per heavy atom. The van der Waals surface area contributed by atoms with E-state index in [2.05, 4.69) is 5.16 Å². The van der Waals surface area contributed by atoms with Crippen molar-refractivity contribution in [2.24, 2.45) is 0 Å². The first-order chi connectivity index (χ1) is 13.0. The second kappa shape index (κ2) is 8.08. The second-order valence-electron chi connectivity index (χ2n) is 6.81. The van der Waals surface area contributed by atoms with Crippen molar-refractivity contribution in [1.29, 1.82) is 0 Å². The molecule has 5 nitrogen and oxygen atoms in total. The van der Waals surface area contributed by atoms with Crippen LogP contribution >= 0.6 is 0 Å². The number of carbonyl (C=O) groups excluding carboxylic acids is 1. The Bertz CT molecular complexity index is 913. The lowest BCUT2D eigenvalue weighted by atomic mass is 10.0. The van der Waals surface area contributed by atoms with E-state index in [0.717, 1.165) is 28.3 Å². The van der Waals surface area contributed by atoms with Crippen molar-refractivity contribution in [3.63, 3.8) is 0 Å². The third-order valence-electron chi connectivity index (χ3n) is 4.44. The van der Waals surface area contributed by atoms with Gasteiger partial charge in [0, 0.05) is 30.2 Å². The maximum absolute atomic E-state index is 12.7. The Labute approximate surface area is 159 Å². The lowest BCUT2D eigenvalue weighted by molar-refractivity contribution is 0.0782. The number of rotatable bonds is 6. The molecule has 0 aliphatic carbocycles. The first-order valence-electron chi connectivity index (χ1n) is 8.94. The number of methoxy groups -OCH3 is 1. The number of hydrogen-bond acceptors (Lipinski definition) is 4. The molecule has 0 aliphatic heterocycles. The van der Waals surface area contributed by atoms with Gasteiger partial charge in [-0.3, -0.25) is 4.79 Å². The van der Waals surface area contributed by atoms with Crippen molar-refractivity contribution in [3.05, 3.63) is 71.6 Å². The van der Waals surface area contributed by atoms with E-state index in [1.807, 2.05) is 68.4 Å². The van der Waals surface area contributed by atoms with Gasteiger partial charge in [0.15, 0.2) is 0 Å². The Kier molecular flexibility index (Phi) is 5.60. The van der Waals surface area contributed by atoms with E-state index in [1.54, 1.807) is 19.1 Å². The molecule has 1 aromatic heterocycles. The van der Waals surface area contributed by atoms with Crippen LogP contribution in [0.15, 0.2) is 59.1 Å². The van der Waals surface area contributed by atoms with Crippen molar-refractivity contribution in [2.45, 2.75) is 26.3 Å². The SMILES string of the molecule is COc1ccccc1-c1ccc(C(=O)N(C)Cc2cc(C(C)C)on2)cc1. The first-order valence-corrected chi connectivity index (χ1v) is 8.94. The van der Waals surface area contributed by atoms with Crippen LogP contribution in [0.2, 0.25) is 0 Å². The Morgan fingerprint density at radius 1 is 1.15 bits per heavy atom. The summed E-state index contributed by atoms with van der Waals surface area (Å²) in [5.41, 5.74) is 3.38. The van der Waals surface area contributed by atoms with Crippen molar-refractivity contribution in [3.8, 4) is 16.9 Å². The summed E-state index contributed by atoms with van der Waals surface area (Å²) in [6, 6.07) is 17.3. The molecular formula is C22H24N2O3. The third kappa shape index (κ3) is 4.19. The minimum atomic E-state index is -0.0596. The monoisotopic (exact) mass is 364 g/mol.